The van der Waals surface area contributed by atoms with E-state index in [9.17, 15) is 4.79 Å². The van der Waals surface area contributed by atoms with Gasteiger partial charge in [-0.05, 0) is 38.1 Å². The van der Waals surface area contributed by atoms with E-state index in [-0.39, 0.29) is 18.6 Å². The second kappa shape index (κ2) is 5.76. The number of hydrogen-bond donors (Lipinski definition) is 1. The van der Waals surface area contributed by atoms with Crippen LogP contribution in [0, 0.1) is 11.3 Å². The normalized spacial score (nSPS) is 9.62. The Labute approximate surface area is 94.8 Å². The summed E-state index contributed by atoms with van der Waals surface area (Å²) in [5.74, 6) is 0.428. The van der Waals surface area contributed by atoms with E-state index < -0.39 is 0 Å². The van der Waals surface area contributed by atoms with Gasteiger partial charge in [-0.2, -0.15) is 5.26 Å². The Morgan fingerprint density at radius 3 is 2.56 bits per heavy atom. The van der Waals surface area contributed by atoms with Crippen LogP contribution in [0.3, 0.4) is 0 Å². The van der Waals surface area contributed by atoms with E-state index in [0.29, 0.717) is 11.3 Å². The van der Waals surface area contributed by atoms with Crippen LogP contribution < -0.4 is 10.1 Å². The number of nitrogens with zero attached hydrogens (tertiary/aromatic N) is 1. The van der Waals surface area contributed by atoms with E-state index in [0.717, 1.165) is 0 Å². The lowest BCUT2D eigenvalue weighted by Crippen LogP contribution is -2.34. The van der Waals surface area contributed by atoms with Crippen molar-refractivity contribution in [3.63, 3.8) is 0 Å². The Balaban J connectivity index is 2.43. The highest BCUT2D eigenvalue weighted by molar-refractivity contribution is 5.77. The minimum atomic E-state index is -0.153. The third-order valence-electron chi connectivity index (χ3n) is 1.80. The van der Waals surface area contributed by atoms with Gasteiger partial charge in [0.2, 0.25) is 0 Å². The molecule has 0 unspecified atom stereocenters. The molecule has 0 spiro atoms. The van der Waals surface area contributed by atoms with Crippen LogP contribution in [0.4, 0.5) is 0 Å². The third kappa shape index (κ3) is 4.01. The molecule has 1 amide bonds. The number of carbonyl (C=O) groups excluding carboxylic acids is 1. The second-order valence-corrected chi connectivity index (χ2v) is 3.65. The van der Waals surface area contributed by atoms with Gasteiger partial charge < -0.3 is 10.1 Å². The molecule has 16 heavy (non-hydrogen) atoms. The topological polar surface area (TPSA) is 62.1 Å². The van der Waals surface area contributed by atoms with Crippen LogP contribution in [-0.4, -0.2) is 18.6 Å². The average Bonchev–Trinajstić information content (AvgIpc) is 2.26. The molecule has 4 heteroatoms. The summed E-state index contributed by atoms with van der Waals surface area (Å²) >= 11 is 0. The van der Waals surface area contributed by atoms with Crippen molar-refractivity contribution < 1.29 is 9.53 Å². The second-order valence-electron chi connectivity index (χ2n) is 3.65. The molecule has 1 aromatic carbocycles. The molecule has 0 saturated heterocycles. The molecule has 0 radical (unpaired) electrons. The van der Waals surface area contributed by atoms with Crippen molar-refractivity contribution in [1.29, 1.82) is 5.26 Å². The van der Waals surface area contributed by atoms with Crippen LogP contribution in [0.25, 0.3) is 0 Å². The van der Waals surface area contributed by atoms with E-state index in [2.05, 4.69) is 5.32 Å². The van der Waals surface area contributed by atoms with Crippen molar-refractivity contribution in [1.82, 2.24) is 5.32 Å². The maximum Gasteiger partial charge on any atom is 0.258 e. The van der Waals surface area contributed by atoms with Crippen molar-refractivity contribution in [2.45, 2.75) is 19.9 Å². The molecule has 0 atom stereocenters. The van der Waals surface area contributed by atoms with E-state index in [1.807, 2.05) is 19.9 Å². The molecule has 1 aromatic rings. The van der Waals surface area contributed by atoms with Crippen LogP contribution in [-0.2, 0) is 4.79 Å². The molecular formula is C12H14N2O2. The smallest absolute Gasteiger partial charge is 0.258 e. The Kier molecular flexibility index (Phi) is 4.34. The number of nitriles is 1. The minimum Gasteiger partial charge on any atom is -0.484 e. The zero-order valence-electron chi connectivity index (χ0n) is 9.36. The van der Waals surface area contributed by atoms with E-state index >= 15 is 0 Å². The maximum atomic E-state index is 11.3. The summed E-state index contributed by atoms with van der Waals surface area (Å²) in [6, 6.07) is 8.75. The molecule has 0 saturated carbocycles. The van der Waals surface area contributed by atoms with Gasteiger partial charge in [0, 0.05) is 6.04 Å². The van der Waals surface area contributed by atoms with Gasteiger partial charge in [-0.25, -0.2) is 0 Å². The number of amides is 1. The zero-order valence-corrected chi connectivity index (χ0v) is 9.36. The summed E-state index contributed by atoms with van der Waals surface area (Å²) in [4.78, 5) is 11.3. The van der Waals surface area contributed by atoms with Crippen LogP contribution in [0.1, 0.15) is 19.4 Å². The molecule has 1 rings (SSSR count). The lowest BCUT2D eigenvalue weighted by Gasteiger charge is -2.09. The van der Waals surface area contributed by atoms with Crippen LogP contribution >= 0.6 is 0 Å². The molecule has 0 aliphatic heterocycles. The Morgan fingerprint density at radius 2 is 2.06 bits per heavy atom. The predicted octanol–water partition coefficient (Wildman–Crippen LogP) is 1.46. The van der Waals surface area contributed by atoms with Crippen molar-refractivity contribution >= 4 is 5.91 Å². The monoisotopic (exact) mass is 218 g/mol. The Hall–Kier alpha value is -2.02. The Bertz CT molecular complexity index is 390. The van der Waals surface area contributed by atoms with Gasteiger partial charge in [-0.1, -0.05) is 0 Å². The molecule has 1 N–H and O–H groups in total. The van der Waals surface area contributed by atoms with E-state index in [4.69, 9.17) is 10.00 Å². The number of ether oxygens (including phenoxy) is 1. The van der Waals surface area contributed by atoms with Crippen LogP contribution in [0.5, 0.6) is 5.75 Å². The van der Waals surface area contributed by atoms with Gasteiger partial charge in [-0.3, -0.25) is 4.79 Å². The third-order valence-corrected chi connectivity index (χ3v) is 1.80. The number of hydrogen-bond acceptors (Lipinski definition) is 3. The first kappa shape index (κ1) is 12.1. The molecule has 0 aliphatic carbocycles. The van der Waals surface area contributed by atoms with Crippen molar-refractivity contribution in [2.75, 3.05) is 6.61 Å². The first-order valence-electron chi connectivity index (χ1n) is 5.04. The summed E-state index contributed by atoms with van der Waals surface area (Å²) in [5.41, 5.74) is 0.569. The summed E-state index contributed by atoms with van der Waals surface area (Å²) in [6.07, 6.45) is 0. The van der Waals surface area contributed by atoms with Crippen LogP contribution in [0.2, 0.25) is 0 Å². The predicted molar refractivity (Wildman–Crippen MR) is 59.9 cm³/mol. The quantitative estimate of drug-likeness (QED) is 0.832. The van der Waals surface area contributed by atoms with Gasteiger partial charge in [0.15, 0.2) is 6.61 Å². The standard InChI is InChI=1S/C12H14N2O2/c1-9(2)14-12(15)8-16-11-5-3-10(7-13)4-6-11/h3-6,9H,8H2,1-2H3,(H,14,15). The fourth-order valence-corrected chi connectivity index (χ4v) is 1.14. The average molecular weight is 218 g/mol. The highest BCUT2D eigenvalue weighted by Gasteiger charge is 2.03. The van der Waals surface area contributed by atoms with Gasteiger partial charge in [0.25, 0.3) is 5.91 Å². The molecular weight excluding hydrogens is 204 g/mol. The first-order valence-corrected chi connectivity index (χ1v) is 5.04. The molecule has 84 valence electrons. The highest BCUT2D eigenvalue weighted by Crippen LogP contribution is 2.11. The van der Waals surface area contributed by atoms with Gasteiger partial charge >= 0.3 is 0 Å². The molecule has 0 fully saturated rings. The van der Waals surface area contributed by atoms with Gasteiger partial charge in [0.1, 0.15) is 5.75 Å². The zero-order chi connectivity index (χ0) is 12.0. The minimum absolute atomic E-state index is 0.00984. The largest absolute Gasteiger partial charge is 0.484 e. The highest BCUT2D eigenvalue weighted by atomic mass is 16.5. The van der Waals surface area contributed by atoms with Crippen LogP contribution in [0.15, 0.2) is 24.3 Å². The molecule has 0 aromatic heterocycles. The fourth-order valence-electron chi connectivity index (χ4n) is 1.14. The summed E-state index contributed by atoms with van der Waals surface area (Å²) in [7, 11) is 0. The molecule has 0 heterocycles. The molecule has 0 aliphatic rings. The van der Waals surface area contributed by atoms with Crippen molar-refractivity contribution in [2.24, 2.45) is 0 Å². The fraction of sp³-hybridized carbons (Fsp3) is 0.333. The number of benzene rings is 1. The SMILES string of the molecule is CC(C)NC(=O)COc1ccc(C#N)cc1. The van der Waals surface area contributed by atoms with Gasteiger partial charge in [-0.15, -0.1) is 0 Å². The lowest BCUT2D eigenvalue weighted by molar-refractivity contribution is -0.123. The van der Waals surface area contributed by atoms with Crippen molar-refractivity contribution in [3.8, 4) is 11.8 Å². The summed E-state index contributed by atoms with van der Waals surface area (Å²) < 4.78 is 5.25. The van der Waals surface area contributed by atoms with Crippen molar-refractivity contribution in [3.05, 3.63) is 29.8 Å². The maximum absolute atomic E-state index is 11.3. The number of rotatable bonds is 4. The summed E-state index contributed by atoms with van der Waals surface area (Å²) in [5, 5.41) is 11.3. The number of nitrogens with one attached hydrogen (secondary N) is 1. The van der Waals surface area contributed by atoms with Gasteiger partial charge in [0.05, 0.1) is 11.6 Å². The van der Waals surface area contributed by atoms with E-state index in [1.54, 1.807) is 24.3 Å². The molecule has 0 bridgehead atoms. The number of carbonyl (C=O) groups is 1. The van der Waals surface area contributed by atoms with E-state index in [1.165, 1.54) is 0 Å². The molecule has 4 nitrogen and oxygen atoms in total. The Morgan fingerprint density at radius 1 is 1.44 bits per heavy atom. The summed E-state index contributed by atoms with van der Waals surface area (Å²) in [6.45, 7) is 3.77. The first-order chi connectivity index (χ1) is 7.61. The lowest BCUT2D eigenvalue weighted by atomic mass is 10.2.